The first-order chi connectivity index (χ1) is 12.6. The number of amides is 3. The zero-order valence-electron chi connectivity index (χ0n) is 15.5. The van der Waals surface area contributed by atoms with Gasteiger partial charge in [-0.1, -0.05) is 12.1 Å². The lowest BCUT2D eigenvalue weighted by Gasteiger charge is -2.24. The standard InChI is InChI=1S/C17H26N4O6/c1-17(2,3)27-16(26)20-13(9-22)14(24)19-12(15(25)21-18)8-10-4-6-11(23)7-5-10/h4-7,12-13,22-23H,8-9,18H2,1-3H3,(H,19,24)(H,20,26)(H,21,25). The molecule has 0 saturated carbocycles. The van der Waals surface area contributed by atoms with Gasteiger partial charge >= 0.3 is 6.09 Å². The van der Waals surface area contributed by atoms with Gasteiger partial charge in [-0.25, -0.2) is 10.6 Å². The van der Waals surface area contributed by atoms with E-state index in [0.717, 1.165) is 0 Å². The van der Waals surface area contributed by atoms with Crippen molar-refractivity contribution in [3.05, 3.63) is 29.8 Å². The number of hydrogen-bond donors (Lipinski definition) is 6. The van der Waals surface area contributed by atoms with Crippen molar-refractivity contribution in [1.29, 1.82) is 0 Å². The Morgan fingerprint density at radius 3 is 2.15 bits per heavy atom. The van der Waals surface area contributed by atoms with Gasteiger partial charge in [0, 0.05) is 6.42 Å². The third kappa shape index (κ3) is 7.92. The third-order valence-electron chi connectivity index (χ3n) is 3.34. The minimum absolute atomic E-state index is 0.0597. The number of carbonyl (C=O) groups is 3. The first kappa shape index (κ1) is 22.2. The van der Waals surface area contributed by atoms with Gasteiger partial charge in [-0.2, -0.15) is 0 Å². The second-order valence-corrected chi connectivity index (χ2v) is 6.82. The average Bonchev–Trinajstić information content (AvgIpc) is 2.58. The van der Waals surface area contributed by atoms with E-state index in [4.69, 9.17) is 10.6 Å². The van der Waals surface area contributed by atoms with E-state index in [1.807, 2.05) is 5.43 Å². The molecule has 2 unspecified atom stereocenters. The van der Waals surface area contributed by atoms with Crippen LogP contribution in [-0.4, -0.2) is 52.4 Å². The van der Waals surface area contributed by atoms with Crippen LogP contribution >= 0.6 is 0 Å². The Kier molecular flexibility index (Phi) is 8.00. The molecule has 0 aromatic heterocycles. The summed E-state index contributed by atoms with van der Waals surface area (Å²) in [4.78, 5) is 36.1. The molecule has 7 N–H and O–H groups in total. The highest BCUT2D eigenvalue weighted by Gasteiger charge is 2.28. The molecule has 1 rings (SSSR count). The average molecular weight is 382 g/mol. The Labute approximate surface area is 157 Å². The molecule has 0 heterocycles. The van der Waals surface area contributed by atoms with Crippen molar-refractivity contribution >= 4 is 17.9 Å². The fourth-order valence-electron chi connectivity index (χ4n) is 2.09. The predicted octanol–water partition coefficient (Wildman–Crippen LogP) is -0.705. The molecule has 1 aromatic rings. The van der Waals surface area contributed by atoms with E-state index < -0.39 is 42.2 Å². The zero-order valence-corrected chi connectivity index (χ0v) is 15.5. The first-order valence-corrected chi connectivity index (χ1v) is 8.25. The number of benzene rings is 1. The summed E-state index contributed by atoms with van der Waals surface area (Å²) in [6, 6.07) is 3.68. The number of phenols is 1. The molecule has 27 heavy (non-hydrogen) atoms. The van der Waals surface area contributed by atoms with Gasteiger partial charge in [0.1, 0.15) is 23.4 Å². The smallest absolute Gasteiger partial charge is 0.408 e. The summed E-state index contributed by atoms with van der Waals surface area (Å²) in [5, 5.41) is 23.4. The van der Waals surface area contributed by atoms with E-state index in [-0.39, 0.29) is 12.2 Å². The fraction of sp³-hybridized carbons (Fsp3) is 0.471. The van der Waals surface area contributed by atoms with Gasteiger partial charge in [-0.15, -0.1) is 0 Å². The van der Waals surface area contributed by atoms with Crippen LogP contribution in [0.1, 0.15) is 26.3 Å². The molecule has 0 aliphatic rings. The highest BCUT2D eigenvalue weighted by atomic mass is 16.6. The molecule has 3 amide bonds. The van der Waals surface area contributed by atoms with Gasteiger partial charge in [0.05, 0.1) is 6.61 Å². The summed E-state index contributed by atoms with van der Waals surface area (Å²) >= 11 is 0. The van der Waals surface area contributed by atoms with Crippen LogP contribution in [0.25, 0.3) is 0 Å². The molecule has 1 aromatic carbocycles. The number of aliphatic hydroxyl groups is 1. The maximum atomic E-state index is 12.3. The number of nitrogens with two attached hydrogens (primary N) is 1. The molecule has 0 spiro atoms. The van der Waals surface area contributed by atoms with Gasteiger partial charge in [-0.05, 0) is 38.5 Å². The lowest BCUT2D eigenvalue weighted by atomic mass is 10.0. The molecule has 0 bridgehead atoms. The summed E-state index contributed by atoms with van der Waals surface area (Å²) in [5.41, 5.74) is 1.83. The largest absolute Gasteiger partial charge is 0.508 e. The number of aromatic hydroxyl groups is 1. The van der Waals surface area contributed by atoms with Gasteiger partial charge in [-0.3, -0.25) is 15.0 Å². The molecule has 0 aliphatic carbocycles. The van der Waals surface area contributed by atoms with Gasteiger partial charge in [0.15, 0.2) is 0 Å². The summed E-state index contributed by atoms with van der Waals surface area (Å²) in [6.07, 6.45) is -0.797. The summed E-state index contributed by atoms with van der Waals surface area (Å²) in [7, 11) is 0. The van der Waals surface area contributed by atoms with E-state index in [9.17, 15) is 24.6 Å². The Morgan fingerprint density at radius 1 is 1.07 bits per heavy atom. The van der Waals surface area contributed by atoms with Crippen molar-refractivity contribution in [1.82, 2.24) is 16.1 Å². The van der Waals surface area contributed by atoms with Crippen molar-refractivity contribution in [2.24, 2.45) is 5.84 Å². The second-order valence-electron chi connectivity index (χ2n) is 6.82. The predicted molar refractivity (Wildman–Crippen MR) is 96.3 cm³/mol. The van der Waals surface area contributed by atoms with Crippen LogP contribution in [0.15, 0.2) is 24.3 Å². The number of nitrogens with one attached hydrogen (secondary N) is 3. The van der Waals surface area contributed by atoms with Crippen LogP contribution in [0.2, 0.25) is 0 Å². The summed E-state index contributed by atoms with van der Waals surface area (Å²) in [6.45, 7) is 4.26. The molecular formula is C17H26N4O6. The lowest BCUT2D eigenvalue weighted by molar-refractivity contribution is -0.130. The maximum absolute atomic E-state index is 12.3. The quantitative estimate of drug-likeness (QED) is 0.206. The highest BCUT2D eigenvalue weighted by Crippen LogP contribution is 2.11. The monoisotopic (exact) mass is 382 g/mol. The van der Waals surface area contributed by atoms with Crippen LogP contribution in [0.5, 0.6) is 5.75 Å². The van der Waals surface area contributed by atoms with E-state index in [1.165, 1.54) is 12.1 Å². The first-order valence-electron chi connectivity index (χ1n) is 8.25. The van der Waals surface area contributed by atoms with E-state index in [2.05, 4.69) is 10.6 Å². The number of phenolic OH excluding ortho intramolecular Hbond substituents is 1. The highest BCUT2D eigenvalue weighted by molar-refractivity contribution is 5.91. The number of carbonyl (C=O) groups excluding carboxylic acids is 3. The van der Waals surface area contributed by atoms with Gasteiger partial charge in [0.25, 0.3) is 5.91 Å². The summed E-state index contributed by atoms with van der Waals surface area (Å²) < 4.78 is 5.04. The molecular weight excluding hydrogens is 356 g/mol. The fourth-order valence-corrected chi connectivity index (χ4v) is 2.09. The van der Waals surface area contributed by atoms with Crippen molar-refractivity contribution < 1.29 is 29.3 Å². The van der Waals surface area contributed by atoms with Crippen LogP contribution in [0.3, 0.4) is 0 Å². The topological polar surface area (TPSA) is 163 Å². The Bertz CT molecular complexity index is 656. The zero-order chi connectivity index (χ0) is 20.6. The van der Waals surface area contributed by atoms with Crippen LogP contribution in [0, 0.1) is 0 Å². The second kappa shape index (κ2) is 9.74. The van der Waals surface area contributed by atoms with Crippen LogP contribution in [-0.2, 0) is 20.7 Å². The number of hydrazine groups is 1. The molecule has 10 nitrogen and oxygen atoms in total. The Hall–Kier alpha value is -2.85. The molecule has 0 fully saturated rings. The van der Waals surface area contributed by atoms with Crippen molar-refractivity contribution in [3.8, 4) is 5.75 Å². The molecule has 150 valence electrons. The lowest BCUT2D eigenvalue weighted by Crippen LogP contribution is -2.56. The number of rotatable bonds is 7. The minimum Gasteiger partial charge on any atom is -0.508 e. The number of ether oxygens (including phenoxy) is 1. The van der Waals surface area contributed by atoms with E-state index in [1.54, 1.807) is 32.9 Å². The van der Waals surface area contributed by atoms with Crippen LogP contribution in [0.4, 0.5) is 4.79 Å². The Balaban J connectivity index is 2.79. The van der Waals surface area contributed by atoms with Gasteiger partial charge in [0.2, 0.25) is 5.91 Å². The van der Waals surface area contributed by atoms with Crippen molar-refractivity contribution in [3.63, 3.8) is 0 Å². The van der Waals surface area contributed by atoms with E-state index in [0.29, 0.717) is 5.56 Å². The maximum Gasteiger partial charge on any atom is 0.408 e. The molecule has 0 radical (unpaired) electrons. The van der Waals surface area contributed by atoms with Crippen molar-refractivity contribution in [2.75, 3.05) is 6.61 Å². The normalized spacial score (nSPS) is 13.2. The van der Waals surface area contributed by atoms with Gasteiger partial charge < -0.3 is 25.6 Å². The summed E-state index contributed by atoms with van der Waals surface area (Å²) in [5.74, 6) is 3.77. The number of aliphatic hydroxyl groups excluding tert-OH is 1. The Morgan fingerprint density at radius 2 is 1.67 bits per heavy atom. The van der Waals surface area contributed by atoms with Crippen LogP contribution < -0.4 is 21.9 Å². The molecule has 0 saturated heterocycles. The number of hydrogen-bond acceptors (Lipinski definition) is 7. The SMILES string of the molecule is CC(C)(C)OC(=O)NC(CO)C(=O)NC(Cc1ccc(O)cc1)C(=O)NN. The number of alkyl carbamates (subject to hydrolysis) is 1. The molecule has 0 aliphatic heterocycles. The minimum atomic E-state index is -1.31. The van der Waals surface area contributed by atoms with Crippen molar-refractivity contribution in [2.45, 2.75) is 44.9 Å². The van der Waals surface area contributed by atoms with E-state index >= 15 is 0 Å². The molecule has 2 atom stereocenters. The third-order valence-corrected chi connectivity index (χ3v) is 3.34. The molecule has 10 heteroatoms.